The Bertz CT molecular complexity index is 2020. The van der Waals surface area contributed by atoms with Gasteiger partial charge in [-0.3, -0.25) is 9.36 Å². The fraction of sp³-hybridized carbons (Fsp3) is 0.525. The number of hydrogen-bond donors (Lipinski definition) is 1. The van der Waals surface area contributed by atoms with Crippen LogP contribution in [0.25, 0.3) is 11.0 Å². The average molecular weight is 698 g/mol. The van der Waals surface area contributed by atoms with Crippen LogP contribution in [0.4, 0.5) is 4.39 Å². The van der Waals surface area contributed by atoms with Crippen molar-refractivity contribution in [2.24, 2.45) is 0 Å². The lowest BCUT2D eigenvalue weighted by Crippen LogP contribution is -2.42. The average Bonchev–Trinajstić information content (AvgIpc) is 3.66. The topological polar surface area (TPSA) is 106 Å². The van der Waals surface area contributed by atoms with Crippen LogP contribution in [0, 0.1) is 12.7 Å². The molecule has 4 aromatic rings. The van der Waals surface area contributed by atoms with Crippen molar-refractivity contribution in [2.45, 2.75) is 94.9 Å². The normalized spacial score (nSPS) is 24.6. The van der Waals surface area contributed by atoms with Gasteiger partial charge in [0, 0.05) is 66.7 Å². The summed E-state index contributed by atoms with van der Waals surface area (Å²) in [5.41, 5.74) is 5.86. The molecule has 6 heterocycles. The summed E-state index contributed by atoms with van der Waals surface area (Å²) >= 11 is 0. The first-order chi connectivity index (χ1) is 24.7. The summed E-state index contributed by atoms with van der Waals surface area (Å²) in [6, 6.07) is 8.78. The Morgan fingerprint density at radius 2 is 1.96 bits per heavy atom. The lowest BCUT2D eigenvalue weighted by molar-refractivity contribution is 0.0821. The zero-order valence-electron chi connectivity index (χ0n) is 29.9. The van der Waals surface area contributed by atoms with E-state index in [1.807, 2.05) is 23.6 Å². The van der Waals surface area contributed by atoms with Crippen LogP contribution in [0.15, 0.2) is 51.8 Å². The van der Waals surface area contributed by atoms with E-state index >= 15 is 0 Å². The van der Waals surface area contributed by atoms with E-state index in [4.69, 9.17) is 19.0 Å². The molecule has 1 fully saturated rings. The molecule has 2 aromatic carbocycles. The third-order valence-corrected chi connectivity index (χ3v) is 11.8. The molecule has 9 rings (SSSR count). The number of fused-ring (bicyclic) bond motifs is 2. The van der Waals surface area contributed by atoms with Crippen LogP contribution in [0.5, 0.6) is 11.5 Å². The van der Waals surface area contributed by atoms with Crippen LogP contribution in [0.2, 0.25) is 0 Å². The maximum absolute atomic E-state index is 13.4. The number of nitrogens with zero attached hydrogens (tertiary/aromatic N) is 5. The summed E-state index contributed by atoms with van der Waals surface area (Å²) in [5.74, 6) is 2.66. The number of hydrogen-bond acceptors (Lipinski definition) is 9. The third kappa shape index (κ3) is 6.27. The van der Waals surface area contributed by atoms with Crippen molar-refractivity contribution in [3.63, 3.8) is 0 Å². The zero-order valence-corrected chi connectivity index (χ0v) is 29.9. The highest BCUT2D eigenvalue weighted by Gasteiger charge is 2.52. The molecule has 11 heteroatoms. The predicted octanol–water partition coefficient (Wildman–Crippen LogP) is 5.44. The standard InChI is InChI=1S/C23H27FN4O2.C17H21NO3/c1-15-18(23(29)28-10-3-2-4-21(28)25-15)9-13-27-11-7-16(8-12-27)22-19-6-5-17(24)14-20(19)30-26-22;1-18-8-7-17-6-5-12(19)9-14(17)21-16-13(20-2)4-3-11(10-18)15(16)17/h5-6,14,16H,2-4,7-13H2,1H3;3-6,12,14,19H,7-10H2,1-2H3/t;12-,14-,17-/m.0/s1. The quantitative estimate of drug-likeness (QED) is 0.273. The highest BCUT2D eigenvalue weighted by molar-refractivity contribution is 5.80. The summed E-state index contributed by atoms with van der Waals surface area (Å²) in [6.07, 6.45) is 11.2. The third-order valence-electron chi connectivity index (χ3n) is 11.8. The number of methoxy groups -OCH3 is 1. The molecule has 0 saturated carbocycles. The molecule has 1 aliphatic carbocycles. The van der Waals surface area contributed by atoms with Crippen molar-refractivity contribution in [1.29, 1.82) is 0 Å². The summed E-state index contributed by atoms with van der Waals surface area (Å²) < 4.78 is 32.4. The Hall–Kier alpha value is -4.06. The molecule has 0 bridgehead atoms. The van der Waals surface area contributed by atoms with E-state index in [-0.39, 0.29) is 22.9 Å². The van der Waals surface area contributed by atoms with Crippen LogP contribution in [0.3, 0.4) is 0 Å². The van der Waals surface area contributed by atoms with Crippen LogP contribution in [-0.2, 0) is 31.3 Å². The Kier molecular flexibility index (Phi) is 9.23. The second-order valence-electron chi connectivity index (χ2n) is 15.0. The van der Waals surface area contributed by atoms with Gasteiger partial charge in [-0.25, -0.2) is 9.37 Å². The van der Waals surface area contributed by atoms with E-state index in [9.17, 15) is 14.3 Å². The molecule has 4 aliphatic heterocycles. The number of aliphatic hydroxyl groups is 1. The Labute approximate surface area is 297 Å². The lowest BCUT2D eigenvalue weighted by Gasteiger charge is -2.35. The van der Waals surface area contributed by atoms with E-state index in [0.717, 1.165) is 124 Å². The molecule has 3 atom stereocenters. The van der Waals surface area contributed by atoms with E-state index in [0.29, 0.717) is 17.9 Å². The molecule has 270 valence electrons. The number of aromatic nitrogens is 3. The molecule has 0 unspecified atom stereocenters. The molecule has 51 heavy (non-hydrogen) atoms. The van der Waals surface area contributed by atoms with Crippen LogP contribution in [-0.4, -0.2) is 82.2 Å². The molecule has 1 N–H and O–H groups in total. The molecule has 0 radical (unpaired) electrons. The number of aliphatic hydroxyl groups excluding tert-OH is 1. The minimum Gasteiger partial charge on any atom is -0.493 e. The van der Waals surface area contributed by atoms with E-state index in [2.05, 4.69) is 34.1 Å². The van der Waals surface area contributed by atoms with Crippen molar-refractivity contribution in [2.75, 3.05) is 40.3 Å². The van der Waals surface area contributed by atoms with Gasteiger partial charge in [-0.1, -0.05) is 23.4 Å². The van der Waals surface area contributed by atoms with Gasteiger partial charge in [-0.15, -0.1) is 0 Å². The van der Waals surface area contributed by atoms with Gasteiger partial charge in [-0.05, 0) is 95.9 Å². The maximum atomic E-state index is 13.4. The van der Waals surface area contributed by atoms with Crippen LogP contribution < -0.4 is 15.0 Å². The van der Waals surface area contributed by atoms with Crippen molar-refractivity contribution < 1.29 is 23.5 Å². The number of piperidine rings is 1. The molecule has 1 saturated heterocycles. The number of rotatable bonds is 5. The van der Waals surface area contributed by atoms with Gasteiger partial charge in [0.15, 0.2) is 17.1 Å². The van der Waals surface area contributed by atoms with Gasteiger partial charge in [0.25, 0.3) is 5.56 Å². The van der Waals surface area contributed by atoms with Crippen molar-refractivity contribution in [3.05, 3.63) is 92.6 Å². The Morgan fingerprint density at radius 3 is 2.78 bits per heavy atom. The first kappa shape index (κ1) is 34.0. The smallest absolute Gasteiger partial charge is 0.256 e. The summed E-state index contributed by atoms with van der Waals surface area (Å²) in [7, 11) is 3.84. The highest BCUT2D eigenvalue weighted by Crippen LogP contribution is 2.55. The molecule has 2 aromatic heterocycles. The number of ether oxygens (including phenoxy) is 2. The second kappa shape index (κ2) is 13.8. The van der Waals surface area contributed by atoms with Gasteiger partial charge >= 0.3 is 0 Å². The van der Waals surface area contributed by atoms with E-state index in [1.54, 1.807) is 13.2 Å². The van der Waals surface area contributed by atoms with Gasteiger partial charge in [0.1, 0.15) is 17.7 Å². The molecular weight excluding hydrogens is 649 g/mol. The Morgan fingerprint density at radius 1 is 1.12 bits per heavy atom. The zero-order chi connectivity index (χ0) is 35.3. The molecule has 10 nitrogen and oxygen atoms in total. The van der Waals surface area contributed by atoms with Gasteiger partial charge in [-0.2, -0.15) is 0 Å². The summed E-state index contributed by atoms with van der Waals surface area (Å²) in [5, 5.41) is 15.1. The number of halogens is 1. The minimum atomic E-state index is -0.412. The summed E-state index contributed by atoms with van der Waals surface area (Å²) in [6.45, 7) is 7.51. The fourth-order valence-electron chi connectivity index (χ4n) is 9.02. The van der Waals surface area contributed by atoms with Crippen LogP contribution in [0.1, 0.15) is 78.3 Å². The predicted molar refractivity (Wildman–Crippen MR) is 192 cm³/mol. The van der Waals surface area contributed by atoms with Gasteiger partial charge in [0.05, 0.1) is 24.3 Å². The largest absolute Gasteiger partial charge is 0.493 e. The Balaban J connectivity index is 0.000000156. The van der Waals surface area contributed by atoms with E-state index < -0.39 is 6.10 Å². The molecule has 1 spiro atoms. The van der Waals surface area contributed by atoms with Crippen molar-refractivity contribution >= 4 is 11.0 Å². The summed E-state index contributed by atoms with van der Waals surface area (Å²) in [4.78, 5) is 22.4. The molecule has 5 aliphatic rings. The van der Waals surface area contributed by atoms with Crippen LogP contribution >= 0.6 is 0 Å². The minimum absolute atomic E-state index is 0.00838. The molecule has 0 amide bonds. The SMILES string of the molecule is COc1ccc2c3c1O[C@H]1C[C@@H](O)C=C[C@@]31CCN(C)C2.Cc1nc2n(c(=O)c1CCN1CCC(c3noc4cc(F)ccc34)CC1)CCCC2. The first-order valence-electron chi connectivity index (χ1n) is 18.5. The number of benzene rings is 2. The lowest BCUT2D eigenvalue weighted by atomic mass is 9.69. The highest BCUT2D eigenvalue weighted by atomic mass is 19.1. The number of likely N-dealkylation sites (tertiary alicyclic amines) is 1. The van der Waals surface area contributed by atoms with Gasteiger partial charge in [0.2, 0.25) is 0 Å². The fourth-order valence-corrected chi connectivity index (χ4v) is 9.02. The van der Waals surface area contributed by atoms with Crippen molar-refractivity contribution in [3.8, 4) is 11.5 Å². The van der Waals surface area contributed by atoms with Crippen molar-refractivity contribution in [1.82, 2.24) is 24.5 Å². The second-order valence-corrected chi connectivity index (χ2v) is 15.0. The van der Waals surface area contributed by atoms with Gasteiger partial charge < -0.3 is 28.9 Å². The monoisotopic (exact) mass is 697 g/mol. The first-order valence-corrected chi connectivity index (χ1v) is 18.5. The maximum Gasteiger partial charge on any atom is 0.256 e. The number of aryl methyl sites for hydroxylation is 2. The van der Waals surface area contributed by atoms with E-state index in [1.165, 1.54) is 23.3 Å². The molecular formula is C40H48FN5O5.